The summed E-state index contributed by atoms with van der Waals surface area (Å²) in [6, 6.07) is 0. The molecule has 2 amide bonds. The summed E-state index contributed by atoms with van der Waals surface area (Å²) in [7, 11) is 3.18. The molecule has 20 heavy (non-hydrogen) atoms. The van der Waals surface area contributed by atoms with E-state index in [1.165, 1.54) is 4.90 Å². The molecule has 0 aromatic carbocycles. The highest BCUT2D eigenvalue weighted by atomic mass is 16.5. The molecular formula is C13H23N3O4. The molecule has 2 fully saturated rings. The van der Waals surface area contributed by atoms with Gasteiger partial charge in [0, 0.05) is 33.9 Å². The fraction of sp³-hybridized carbons (Fsp3) is 0.846. The lowest BCUT2D eigenvalue weighted by Crippen LogP contribution is -2.46. The molecule has 0 aromatic rings. The number of ether oxygens (including phenoxy) is 2. The molecule has 0 spiro atoms. The van der Waals surface area contributed by atoms with Crippen molar-refractivity contribution in [1.82, 2.24) is 15.1 Å². The van der Waals surface area contributed by atoms with Crippen molar-refractivity contribution in [1.29, 1.82) is 0 Å². The Morgan fingerprint density at radius 1 is 0.950 bits per heavy atom. The van der Waals surface area contributed by atoms with Crippen molar-refractivity contribution in [2.45, 2.75) is 18.6 Å². The predicted octanol–water partition coefficient (Wildman–Crippen LogP) is -1.32. The average molecular weight is 285 g/mol. The van der Waals surface area contributed by atoms with Gasteiger partial charge in [0.05, 0.1) is 13.1 Å². The number of rotatable bonds is 2. The van der Waals surface area contributed by atoms with E-state index in [-0.39, 0.29) is 12.2 Å². The first kappa shape index (κ1) is 15.2. The van der Waals surface area contributed by atoms with Crippen LogP contribution < -0.4 is 5.32 Å². The summed E-state index contributed by atoms with van der Waals surface area (Å²) < 4.78 is 10.6. The maximum Gasteiger partial charge on any atom is 0.312 e. The first-order valence-electron chi connectivity index (χ1n) is 7.02. The Balaban J connectivity index is 1.95. The number of hydrogen-bond donors (Lipinski definition) is 1. The van der Waals surface area contributed by atoms with E-state index in [2.05, 4.69) is 5.32 Å². The van der Waals surface area contributed by atoms with Gasteiger partial charge in [0.25, 0.3) is 0 Å². The quantitative estimate of drug-likeness (QED) is 0.637. The number of nitrogens with one attached hydrogen (secondary N) is 1. The Hall–Kier alpha value is -1.18. The summed E-state index contributed by atoms with van der Waals surface area (Å²) in [5, 5.41) is 3.21. The minimum absolute atomic E-state index is 0.164. The van der Waals surface area contributed by atoms with Crippen LogP contribution in [-0.2, 0) is 19.1 Å². The third-order valence-corrected chi connectivity index (χ3v) is 3.92. The van der Waals surface area contributed by atoms with Crippen LogP contribution in [0.3, 0.4) is 0 Å². The van der Waals surface area contributed by atoms with E-state index in [1.807, 2.05) is 0 Å². The summed E-state index contributed by atoms with van der Waals surface area (Å²) in [6.45, 7) is 3.66. The lowest BCUT2D eigenvalue weighted by atomic mass is 10.3. The second-order valence-corrected chi connectivity index (χ2v) is 5.15. The number of carbonyl (C=O) groups excluding carboxylic acids is 2. The van der Waals surface area contributed by atoms with Gasteiger partial charge in [-0.1, -0.05) is 0 Å². The maximum atomic E-state index is 12.3. The van der Waals surface area contributed by atoms with Crippen molar-refractivity contribution in [2.75, 3.05) is 53.5 Å². The normalized spacial score (nSPS) is 27.5. The van der Waals surface area contributed by atoms with E-state index in [0.717, 1.165) is 19.5 Å². The van der Waals surface area contributed by atoms with Crippen molar-refractivity contribution in [3.05, 3.63) is 0 Å². The van der Waals surface area contributed by atoms with Crippen LogP contribution in [0.2, 0.25) is 0 Å². The van der Waals surface area contributed by atoms with Crippen molar-refractivity contribution in [3.8, 4) is 0 Å². The Morgan fingerprint density at radius 3 is 2.15 bits per heavy atom. The molecule has 0 radical (unpaired) electrons. The molecule has 2 aliphatic rings. The van der Waals surface area contributed by atoms with E-state index in [9.17, 15) is 9.59 Å². The van der Waals surface area contributed by atoms with Crippen molar-refractivity contribution >= 4 is 11.8 Å². The van der Waals surface area contributed by atoms with Gasteiger partial charge in [-0.2, -0.15) is 0 Å². The van der Waals surface area contributed by atoms with Crippen LogP contribution in [0.25, 0.3) is 0 Å². The van der Waals surface area contributed by atoms with Crippen LogP contribution in [0.1, 0.15) is 6.42 Å². The highest BCUT2D eigenvalue weighted by Crippen LogP contribution is 2.16. The monoisotopic (exact) mass is 285 g/mol. The van der Waals surface area contributed by atoms with Gasteiger partial charge in [-0.25, -0.2) is 0 Å². The van der Waals surface area contributed by atoms with Gasteiger partial charge >= 0.3 is 11.8 Å². The highest BCUT2D eigenvalue weighted by Gasteiger charge is 2.38. The third-order valence-electron chi connectivity index (χ3n) is 3.92. The molecule has 0 aromatic heterocycles. The van der Waals surface area contributed by atoms with Gasteiger partial charge in [0.15, 0.2) is 0 Å². The maximum absolute atomic E-state index is 12.3. The predicted molar refractivity (Wildman–Crippen MR) is 72.2 cm³/mol. The number of likely N-dealkylation sites (tertiary alicyclic amines) is 1. The van der Waals surface area contributed by atoms with Crippen LogP contribution >= 0.6 is 0 Å². The van der Waals surface area contributed by atoms with Gasteiger partial charge < -0.3 is 24.6 Å². The largest absolute Gasteiger partial charge is 0.377 e. The topological polar surface area (TPSA) is 71.1 Å². The van der Waals surface area contributed by atoms with E-state index >= 15 is 0 Å². The molecule has 0 aliphatic carbocycles. The molecule has 2 atom stereocenters. The van der Waals surface area contributed by atoms with Crippen LogP contribution in [0.4, 0.5) is 0 Å². The standard InChI is InChI=1S/C13H23N3O4/c1-19-10-8-16(9-11(10)20-2)13(18)12(17)15-6-3-4-14-5-7-15/h10-11,14H,3-9H2,1-2H3. The molecule has 2 unspecified atom stereocenters. The van der Waals surface area contributed by atoms with E-state index < -0.39 is 11.8 Å². The molecule has 114 valence electrons. The number of carbonyl (C=O) groups is 2. The summed E-state index contributed by atoms with van der Waals surface area (Å²) in [5.74, 6) is -0.867. The first-order chi connectivity index (χ1) is 9.67. The first-order valence-corrected chi connectivity index (χ1v) is 7.02. The van der Waals surface area contributed by atoms with Gasteiger partial charge in [-0.05, 0) is 13.0 Å². The molecule has 7 nitrogen and oxygen atoms in total. The second-order valence-electron chi connectivity index (χ2n) is 5.15. The summed E-state index contributed by atoms with van der Waals surface area (Å²) in [4.78, 5) is 27.7. The van der Waals surface area contributed by atoms with Crippen LogP contribution in [0.5, 0.6) is 0 Å². The van der Waals surface area contributed by atoms with Crippen LogP contribution in [0.15, 0.2) is 0 Å². The van der Waals surface area contributed by atoms with Crippen molar-refractivity contribution in [3.63, 3.8) is 0 Å². The Morgan fingerprint density at radius 2 is 1.55 bits per heavy atom. The fourth-order valence-electron chi connectivity index (χ4n) is 2.68. The Labute approximate surface area is 119 Å². The smallest absolute Gasteiger partial charge is 0.312 e. The minimum atomic E-state index is -0.450. The van der Waals surface area contributed by atoms with E-state index in [4.69, 9.17) is 9.47 Å². The van der Waals surface area contributed by atoms with E-state index in [1.54, 1.807) is 19.1 Å². The lowest BCUT2D eigenvalue weighted by Gasteiger charge is -2.22. The molecule has 2 aliphatic heterocycles. The van der Waals surface area contributed by atoms with Gasteiger partial charge in [-0.3, -0.25) is 9.59 Å². The summed E-state index contributed by atoms with van der Waals surface area (Å²) >= 11 is 0. The highest BCUT2D eigenvalue weighted by molar-refractivity contribution is 6.35. The van der Waals surface area contributed by atoms with Gasteiger partial charge in [0.1, 0.15) is 12.2 Å². The zero-order chi connectivity index (χ0) is 14.5. The number of amides is 2. The van der Waals surface area contributed by atoms with E-state index in [0.29, 0.717) is 26.2 Å². The summed E-state index contributed by atoms with van der Waals surface area (Å²) in [6.07, 6.45) is 0.547. The third kappa shape index (κ3) is 3.28. The zero-order valence-corrected chi connectivity index (χ0v) is 12.1. The van der Waals surface area contributed by atoms with Gasteiger partial charge in [-0.15, -0.1) is 0 Å². The van der Waals surface area contributed by atoms with Crippen LogP contribution in [-0.4, -0.2) is 87.3 Å². The zero-order valence-electron chi connectivity index (χ0n) is 12.1. The molecular weight excluding hydrogens is 262 g/mol. The number of hydrogen-bond acceptors (Lipinski definition) is 5. The SMILES string of the molecule is COC1CN(C(=O)C(=O)N2CCCNCC2)CC1OC. The number of nitrogens with zero attached hydrogens (tertiary/aromatic N) is 2. The average Bonchev–Trinajstić information content (AvgIpc) is 2.70. The molecule has 0 saturated carbocycles. The molecule has 1 N–H and O–H groups in total. The second kappa shape index (κ2) is 7.01. The summed E-state index contributed by atoms with van der Waals surface area (Å²) in [5.41, 5.74) is 0. The van der Waals surface area contributed by atoms with Crippen molar-refractivity contribution < 1.29 is 19.1 Å². The number of methoxy groups -OCH3 is 2. The molecule has 0 bridgehead atoms. The van der Waals surface area contributed by atoms with Gasteiger partial charge in [0.2, 0.25) is 0 Å². The molecule has 7 heteroatoms. The minimum Gasteiger partial charge on any atom is -0.377 e. The Kier molecular flexibility index (Phi) is 5.33. The fourth-order valence-corrected chi connectivity index (χ4v) is 2.68. The Bertz CT molecular complexity index is 344. The molecule has 2 saturated heterocycles. The molecule has 2 heterocycles. The lowest BCUT2D eigenvalue weighted by molar-refractivity contribution is -0.151. The van der Waals surface area contributed by atoms with Crippen molar-refractivity contribution in [2.24, 2.45) is 0 Å². The van der Waals surface area contributed by atoms with Crippen LogP contribution in [0, 0.1) is 0 Å². The molecule has 2 rings (SSSR count).